The predicted molar refractivity (Wildman–Crippen MR) is 118 cm³/mol. The molecule has 1 fully saturated rings. The van der Waals surface area contributed by atoms with Crippen LogP contribution in [0, 0.1) is 12.3 Å². The Morgan fingerprint density at radius 1 is 1.30 bits per heavy atom. The minimum absolute atomic E-state index is 0.0570. The van der Waals surface area contributed by atoms with Crippen LogP contribution >= 0.6 is 11.3 Å². The molecule has 160 valence electrons. The van der Waals surface area contributed by atoms with Crippen molar-refractivity contribution in [2.24, 2.45) is 0 Å². The average Bonchev–Trinajstić information content (AvgIpc) is 3.24. The molecule has 1 N–H and O–H groups in total. The summed E-state index contributed by atoms with van der Waals surface area (Å²) >= 11 is 1.72. The van der Waals surface area contributed by atoms with Gasteiger partial charge in [-0.05, 0) is 24.1 Å². The first-order valence-corrected chi connectivity index (χ1v) is 10.9. The van der Waals surface area contributed by atoms with E-state index in [2.05, 4.69) is 33.4 Å². The molecule has 0 bridgehead atoms. The van der Waals surface area contributed by atoms with Gasteiger partial charge >= 0.3 is 6.03 Å². The number of thiazole rings is 1. The lowest BCUT2D eigenvalue weighted by atomic mass is 10.2. The van der Waals surface area contributed by atoms with E-state index in [0.717, 1.165) is 37.3 Å². The maximum atomic E-state index is 12.6. The van der Waals surface area contributed by atoms with Gasteiger partial charge in [-0.15, -0.1) is 17.8 Å². The first kappa shape index (κ1) is 21.9. The number of hydrogen-bond acceptors (Lipinski definition) is 6. The number of nitrogens with one attached hydrogen (secondary N) is 1. The average molecular weight is 429 g/mol. The molecule has 0 atom stereocenters. The topological polar surface area (TPSA) is 66.9 Å². The van der Waals surface area contributed by atoms with Gasteiger partial charge in [-0.25, -0.2) is 9.78 Å². The lowest BCUT2D eigenvalue weighted by Crippen LogP contribution is -2.51. The highest BCUT2D eigenvalue weighted by Gasteiger charge is 2.21. The van der Waals surface area contributed by atoms with Crippen LogP contribution < -0.4 is 14.8 Å². The quantitative estimate of drug-likeness (QED) is 0.655. The van der Waals surface area contributed by atoms with Gasteiger partial charge in [0.1, 0.15) is 6.61 Å². The van der Waals surface area contributed by atoms with Crippen LogP contribution in [-0.2, 0) is 19.5 Å². The molecule has 0 radical (unpaired) electrons. The number of carbonyl (C=O) groups is 1. The highest BCUT2D eigenvalue weighted by molar-refractivity contribution is 7.09. The summed E-state index contributed by atoms with van der Waals surface area (Å²) in [4.78, 5) is 21.4. The van der Waals surface area contributed by atoms with Gasteiger partial charge in [0.25, 0.3) is 0 Å². The van der Waals surface area contributed by atoms with Gasteiger partial charge in [-0.1, -0.05) is 18.9 Å². The molecule has 1 aromatic heterocycles. The second kappa shape index (κ2) is 10.9. The van der Waals surface area contributed by atoms with E-state index < -0.39 is 0 Å². The summed E-state index contributed by atoms with van der Waals surface area (Å²) in [7, 11) is 1.58. The maximum absolute atomic E-state index is 12.6. The van der Waals surface area contributed by atoms with Gasteiger partial charge in [-0.3, -0.25) is 4.90 Å². The second-order valence-electron chi connectivity index (χ2n) is 6.99. The number of urea groups is 1. The zero-order valence-corrected chi connectivity index (χ0v) is 18.3. The van der Waals surface area contributed by atoms with Crippen LogP contribution in [-0.4, -0.2) is 60.7 Å². The zero-order chi connectivity index (χ0) is 21.3. The lowest BCUT2D eigenvalue weighted by Gasteiger charge is -2.34. The highest BCUT2D eigenvalue weighted by atomic mass is 32.1. The molecule has 7 nitrogen and oxygen atoms in total. The summed E-state index contributed by atoms with van der Waals surface area (Å²) in [5, 5.41) is 6.29. The molecular formula is C22H28N4O3S. The van der Waals surface area contributed by atoms with Crippen molar-refractivity contribution in [3.63, 3.8) is 0 Å². The Morgan fingerprint density at radius 2 is 2.10 bits per heavy atom. The molecule has 2 heterocycles. The summed E-state index contributed by atoms with van der Waals surface area (Å²) in [6.07, 6.45) is 6.24. The smallest absolute Gasteiger partial charge is 0.317 e. The van der Waals surface area contributed by atoms with E-state index in [-0.39, 0.29) is 12.6 Å². The molecule has 0 spiro atoms. The maximum Gasteiger partial charge on any atom is 0.317 e. The van der Waals surface area contributed by atoms with Gasteiger partial charge in [0.2, 0.25) is 0 Å². The van der Waals surface area contributed by atoms with Crippen molar-refractivity contribution >= 4 is 17.4 Å². The van der Waals surface area contributed by atoms with Crippen LogP contribution in [0.5, 0.6) is 11.5 Å². The van der Waals surface area contributed by atoms with E-state index in [1.54, 1.807) is 18.4 Å². The fourth-order valence-corrected chi connectivity index (χ4v) is 4.01. The predicted octanol–water partition coefficient (Wildman–Crippen LogP) is 2.75. The molecule has 1 aromatic carbocycles. The fraction of sp³-hybridized carbons (Fsp3) is 0.455. The molecule has 0 saturated carbocycles. The molecule has 30 heavy (non-hydrogen) atoms. The minimum Gasteiger partial charge on any atom is -0.493 e. The van der Waals surface area contributed by atoms with Gasteiger partial charge in [0, 0.05) is 44.6 Å². The van der Waals surface area contributed by atoms with Crippen LogP contribution in [0.1, 0.15) is 23.2 Å². The van der Waals surface area contributed by atoms with E-state index in [0.29, 0.717) is 31.1 Å². The van der Waals surface area contributed by atoms with Gasteiger partial charge in [-0.2, -0.15) is 0 Å². The van der Waals surface area contributed by atoms with Crippen molar-refractivity contribution in [3.05, 3.63) is 39.8 Å². The summed E-state index contributed by atoms with van der Waals surface area (Å²) in [5.74, 6) is 3.63. The monoisotopic (exact) mass is 428 g/mol. The number of methoxy groups -OCH3 is 1. The number of rotatable bonds is 8. The molecule has 8 heteroatoms. The lowest BCUT2D eigenvalue weighted by molar-refractivity contribution is 0.134. The Bertz CT molecular complexity index is 885. The number of aromatic nitrogens is 1. The fourth-order valence-electron chi connectivity index (χ4n) is 3.27. The number of hydrogen-bond donors (Lipinski definition) is 1. The van der Waals surface area contributed by atoms with Crippen molar-refractivity contribution in [2.45, 2.75) is 26.4 Å². The number of benzene rings is 1. The molecule has 1 saturated heterocycles. The number of ether oxygens (including phenoxy) is 2. The molecular weight excluding hydrogens is 400 g/mol. The van der Waals surface area contributed by atoms with Crippen molar-refractivity contribution < 1.29 is 14.3 Å². The van der Waals surface area contributed by atoms with E-state index in [1.165, 1.54) is 5.01 Å². The summed E-state index contributed by atoms with van der Waals surface area (Å²) in [5.41, 5.74) is 2.04. The number of nitrogens with zero attached hydrogens (tertiary/aromatic N) is 3. The van der Waals surface area contributed by atoms with Crippen LogP contribution in [0.25, 0.3) is 0 Å². The second-order valence-corrected chi connectivity index (χ2v) is 7.93. The Hall–Kier alpha value is -2.76. The first-order chi connectivity index (χ1) is 14.6. The molecule has 0 aliphatic carbocycles. The van der Waals surface area contributed by atoms with E-state index >= 15 is 0 Å². The normalized spacial score (nSPS) is 14.2. The van der Waals surface area contributed by atoms with Crippen molar-refractivity contribution in [3.8, 4) is 23.8 Å². The van der Waals surface area contributed by atoms with E-state index in [1.807, 2.05) is 23.1 Å². The molecule has 0 unspecified atom stereocenters. The minimum atomic E-state index is -0.0570. The van der Waals surface area contributed by atoms with E-state index in [4.69, 9.17) is 15.9 Å². The zero-order valence-electron chi connectivity index (χ0n) is 17.5. The molecule has 2 aromatic rings. The number of terminal acetylenes is 1. The van der Waals surface area contributed by atoms with Gasteiger partial charge in [0.15, 0.2) is 11.5 Å². The van der Waals surface area contributed by atoms with Gasteiger partial charge < -0.3 is 19.7 Å². The Kier molecular flexibility index (Phi) is 7.94. The third-order valence-electron chi connectivity index (χ3n) is 4.93. The van der Waals surface area contributed by atoms with E-state index in [9.17, 15) is 4.79 Å². The number of piperazine rings is 1. The standard InChI is InChI=1S/C22H28N4O3S/c1-4-12-29-20-13-17(6-7-19(20)28-3)14-23-22(27)26-10-8-25(9-11-26)15-18-16-30-21(5-2)24-18/h1,6-7,13,16H,5,8-12,14-15H2,2-3H3,(H,23,27). The SMILES string of the molecule is C#CCOc1cc(CNC(=O)N2CCN(Cc3csc(CC)n3)CC2)ccc1OC. The highest BCUT2D eigenvalue weighted by Crippen LogP contribution is 2.28. The van der Waals surface area contributed by atoms with Crippen LogP contribution in [0.2, 0.25) is 0 Å². The van der Waals surface area contributed by atoms with Crippen molar-refractivity contribution in [1.29, 1.82) is 0 Å². The van der Waals surface area contributed by atoms with Crippen molar-refractivity contribution in [1.82, 2.24) is 20.1 Å². The Morgan fingerprint density at radius 3 is 2.77 bits per heavy atom. The number of carbonyl (C=O) groups excluding carboxylic acids is 1. The third-order valence-corrected chi connectivity index (χ3v) is 5.97. The van der Waals surface area contributed by atoms with Crippen LogP contribution in [0.15, 0.2) is 23.6 Å². The largest absolute Gasteiger partial charge is 0.493 e. The Balaban J connectivity index is 1.46. The van der Waals surface area contributed by atoms with Crippen LogP contribution in [0.3, 0.4) is 0 Å². The molecule has 2 amide bonds. The summed E-state index contributed by atoms with van der Waals surface area (Å²) in [6, 6.07) is 5.50. The number of amides is 2. The summed E-state index contributed by atoms with van der Waals surface area (Å²) in [6.45, 7) is 6.64. The van der Waals surface area contributed by atoms with Crippen LogP contribution in [0.4, 0.5) is 4.79 Å². The first-order valence-electron chi connectivity index (χ1n) is 10.0. The third kappa shape index (κ3) is 5.88. The van der Waals surface area contributed by atoms with Gasteiger partial charge in [0.05, 0.1) is 17.8 Å². The molecule has 1 aliphatic heterocycles. The Labute approximate surface area is 182 Å². The summed E-state index contributed by atoms with van der Waals surface area (Å²) < 4.78 is 10.8. The van der Waals surface area contributed by atoms with Crippen molar-refractivity contribution in [2.75, 3.05) is 39.9 Å². The number of aryl methyl sites for hydroxylation is 1. The molecule has 3 rings (SSSR count). The molecule has 1 aliphatic rings.